The van der Waals surface area contributed by atoms with E-state index in [2.05, 4.69) is 10.1 Å². The maximum atomic E-state index is 12.5. The molecular weight excluding hydrogens is 309 g/mol. The topological polar surface area (TPSA) is 58.6 Å². The van der Waals surface area contributed by atoms with Crippen LogP contribution >= 0.6 is 0 Å². The molecule has 0 bridgehead atoms. The van der Waals surface area contributed by atoms with E-state index in [1.807, 2.05) is 0 Å². The molecule has 1 fully saturated rings. The SMILES string of the molecule is O=S(=O)(c1ccccc1OC(F)(F)F)N1CCCNCC1. The van der Waals surface area contributed by atoms with Crippen molar-refractivity contribution < 1.29 is 26.3 Å². The lowest BCUT2D eigenvalue weighted by Crippen LogP contribution is -2.34. The molecule has 1 N–H and O–H groups in total. The Morgan fingerprint density at radius 1 is 1.14 bits per heavy atom. The molecule has 1 aliphatic rings. The average Bonchev–Trinajstić information content (AvgIpc) is 2.66. The molecule has 2 rings (SSSR count). The van der Waals surface area contributed by atoms with Crippen LogP contribution < -0.4 is 10.1 Å². The maximum absolute atomic E-state index is 12.5. The van der Waals surface area contributed by atoms with Crippen LogP contribution in [0.3, 0.4) is 0 Å². The van der Waals surface area contributed by atoms with Gasteiger partial charge in [-0.15, -0.1) is 13.2 Å². The first-order valence-electron chi connectivity index (χ1n) is 6.36. The van der Waals surface area contributed by atoms with Gasteiger partial charge in [0.15, 0.2) is 0 Å². The Morgan fingerprint density at radius 3 is 2.57 bits per heavy atom. The zero-order valence-corrected chi connectivity index (χ0v) is 11.9. The van der Waals surface area contributed by atoms with Gasteiger partial charge in [0.1, 0.15) is 10.6 Å². The van der Waals surface area contributed by atoms with Crippen LogP contribution in [-0.4, -0.2) is 45.3 Å². The number of benzene rings is 1. The lowest BCUT2D eigenvalue weighted by atomic mass is 10.3. The monoisotopic (exact) mass is 324 g/mol. The molecule has 0 atom stereocenters. The van der Waals surface area contributed by atoms with E-state index < -0.39 is 27.0 Å². The molecule has 0 radical (unpaired) electrons. The van der Waals surface area contributed by atoms with Gasteiger partial charge in [-0.05, 0) is 25.1 Å². The first-order valence-corrected chi connectivity index (χ1v) is 7.80. The molecule has 0 spiro atoms. The lowest BCUT2D eigenvalue weighted by Gasteiger charge is -2.21. The number of hydrogen-bond donors (Lipinski definition) is 1. The van der Waals surface area contributed by atoms with E-state index in [1.165, 1.54) is 16.4 Å². The standard InChI is InChI=1S/C12H15F3N2O3S/c13-12(14,15)20-10-4-1-2-5-11(10)21(18,19)17-8-3-6-16-7-9-17/h1-2,4-5,16H,3,6-9H2. The molecule has 0 unspecified atom stereocenters. The van der Waals surface area contributed by atoms with Crippen LogP contribution in [-0.2, 0) is 10.0 Å². The number of ether oxygens (including phenoxy) is 1. The second-order valence-corrected chi connectivity index (χ2v) is 6.41. The van der Waals surface area contributed by atoms with E-state index in [4.69, 9.17) is 0 Å². The molecule has 118 valence electrons. The number of alkyl halides is 3. The Kier molecular flexibility index (Phi) is 4.74. The second kappa shape index (κ2) is 6.20. The third-order valence-electron chi connectivity index (χ3n) is 2.99. The molecule has 0 saturated carbocycles. The third-order valence-corrected chi connectivity index (χ3v) is 4.93. The highest BCUT2D eigenvalue weighted by Gasteiger charge is 2.35. The van der Waals surface area contributed by atoms with Gasteiger partial charge in [-0.25, -0.2) is 8.42 Å². The highest BCUT2D eigenvalue weighted by molar-refractivity contribution is 7.89. The molecule has 21 heavy (non-hydrogen) atoms. The van der Waals surface area contributed by atoms with Crippen LogP contribution in [0.25, 0.3) is 0 Å². The Morgan fingerprint density at radius 2 is 1.86 bits per heavy atom. The van der Waals surface area contributed by atoms with E-state index in [9.17, 15) is 21.6 Å². The predicted molar refractivity (Wildman–Crippen MR) is 69.4 cm³/mol. The Balaban J connectivity index is 2.35. The normalized spacial score (nSPS) is 18.2. The minimum absolute atomic E-state index is 0.211. The summed E-state index contributed by atoms with van der Waals surface area (Å²) in [4.78, 5) is -0.468. The second-order valence-electron chi connectivity index (χ2n) is 4.50. The zero-order valence-electron chi connectivity index (χ0n) is 11.1. The van der Waals surface area contributed by atoms with Gasteiger partial charge in [0.05, 0.1) is 0 Å². The molecule has 0 amide bonds. The summed E-state index contributed by atoms with van der Waals surface area (Å²) < 4.78 is 67.1. The molecule has 0 aromatic heterocycles. The van der Waals surface area contributed by atoms with Crippen molar-refractivity contribution >= 4 is 10.0 Å². The summed E-state index contributed by atoms with van der Waals surface area (Å²) in [5.41, 5.74) is 0. The van der Waals surface area contributed by atoms with Crippen molar-refractivity contribution in [3.63, 3.8) is 0 Å². The average molecular weight is 324 g/mol. The molecule has 5 nitrogen and oxygen atoms in total. The fourth-order valence-corrected chi connectivity index (χ4v) is 3.67. The minimum atomic E-state index is -4.94. The van der Waals surface area contributed by atoms with Gasteiger partial charge < -0.3 is 10.1 Å². The number of nitrogens with one attached hydrogen (secondary N) is 1. The molecule has 1 aromatic rings. The van der Waals surface area contributed by atoms with Gasteiger partial charge in [-0.3, -0.25) is 0 Å². The molecular formula is C12H15F3N2O3S. The molecule has 1 aromatic carbocycles. The van der Waals surface area contributed by atoms with E-state index in [0.717, 1.165) is 12.1 Å². The maximum Gasteiger partial charge on any atom is 0.573 e. The summed E-state index contributed by atoms with van der Waals surface area (Å²) in [6, 6.07) is 4.78. The molecule has 9 heteroatoms. The third kappa shape index (κ3) is 4.08. The van der Waals surface area contributed by atoms with Crippen molar-refractivity contribution in [2.75, 3.05) is 26.2 Å². The minimum Gasteiger partial charge on any atom is -0.404 e. The number of hydrogen-bond acceptors (Lipinski definition) is 4. The van der Waals surface area contributed by atoms with E-state index >= 15 is 0 Å². The van der Waals surface area contributed by atoms with Crippen LogP contribution in [0, 0.1) is 0 Å². The lowest BCUT2D eigenvalue weighted by molar-refractivity contribution is -0.275. The number of halogens is 3. The van der Waals surface area contributed by atoms with Crippen molar-refractivity contribution in [2.24, 2.45) is 0 Å². The summed E-state index contributed by atoms with van der Waals surface area (Å²) in [6.07, 6.45) is -4.34. The zero-order chi connectivity index (χ0) is 15.5. The Hall–Kier alpha value is -1.32. The van der Waals surface area contributed by atoms with Crippen molar-refractivity contribution in [2.45, 2.75) is 17.7 Å². The summed E-state index contributed by atoms with van der Waals surface area (Å²) in [7, 11) is -4.02. The van der Waals surface area contributed by atoms with Crippen LogP contribution in [0.1, 0.15) is 6.42 Å². The quantitative estimate of drug-likeness (QED) is 0.917. The first-order chi connectivity index (χ1) is 9.81. The first kappa shape index (κ1) is 16.1. The number of nitrogens with zero attached hydrogens (tertiary/aromatic N) is 1. The van der Waals surface area contributed by atoms with Gasteiger partial charge in [0.25, 0.3) is 0 Å². The summed E-state index contributed by atoms with van der Waals surface area (Å²) in [5.74, 6) is -0.706. The van der Waals surface area contributed by atoms with Crippen LogP contribution in [0.2, 0.25) is 0 Å². The van der Waals surface area contributed by atoms with Crippen molar-refractivity contribution in [1.29, 1.82) is 0 Å². The molecule has 0 aliphatic carbocycles. The summed E-state index contributed by atoms with van der Waals surface area (Å²) in [5, 5.41) is 3.04. The fourth-order valence-electron chi connectivity index (χ4n) is 2.07. The van der Waals surface area contributed by atoms with Gasteiger partial charge in [0.2, 0.25) is 10.0 Å². The molecule has 1 saturated heterocycles. The highest BCUT2D eigenvalue weighted by atomic mass is 32.2. The molecule has 1 heterocycles. The van der Waals surface area contributed by atoms with E-state index in [0.29, 0.717) is 19.5 Å². The summed E-state index contributed by atoms with van der Waals surface area (Å²) in [6.45, 7) is 1.60. The summed E-state index contributed by atoms with van der Waals surface area (Å²) >= 11 is 0. The van der Waals surface area contributed by atoms with Gasteiger partial charge >= 0.3 is 6.36 Å². The van der Waals surface area contributed by atoms with Crippen molar-refractivity contribution in [1.82, 2.24) is 9.62 Å². The van der Waals surface area contributed by atoms with Crippen LogP contribution in [0.4, 0.5) is 13.2 Å². The van der Waals surface area contributed by atoms with Crippen molar-refractivity contribution in [3.05, 3.63) is 24.3 Å². The Bertz CT molecular complexity index is 582. The van der Waals surface area contributed by atoms with E-state index in [1.54, 1.807) is 0 Å². The predicted octanol–water partition coefficient (Wildman–Crippen LogP) is 1.57. The largest absolute Gasteiger partial charge is 0.573 e. The van der Waals surface area contributed by atoms with Crippen LogP contribution in [0.15, 0.2) is 29.2 Å². The van der Waals surface area contributed by atoms with Gasteiger partial charge in [-0.1, -0.05) is 12.1 Å². The Labute approximate surface area is 120 Å². The van der Waals surface area contributed by atoms with Crippen LogP contribution in [0.5, 0.6) is 5.75 Å². The van der Waals surface area contributed by atoms with E-state index in [-0.39, 0.29) is 13.1 Å². The molecule has 1 aliphatic heterocycles. The van der Waals surface area contributed by atoms with Crippen molar-refractivity contribution in [3.8, 4) is 5.75 Å². The fraction of sp³-hybridized carbons (Fsp3) is 0.500. The van der Waals surface area contributed by atoms with Gasteiger partial charge in [0, 0.05) is 19.6 Å². The smallest absolute Gasteiger partial charge is 0.404 e. The number of para-hydroxylation sites is 1. The van der Waals surface area contributed by atoms with Gasteiger partial charge in [-0.2, -0.15) is 4.31 Å². The number of sulfonamides is 1. The number of rotatable bonds is 3. The highest BCUT2D eigenvalue weighted by Crippen LogP contribution is 2.31.